The van der Waals surface area contributed by atoms with E-state index in [1.807, 2.05) is 0 Å². The van der Waals surface area contributed by atoms with Crippen molar-refractivity contribution in [3.05, 3.63) is 0 Å². The molecule has 2 rings (SSSR count). The monoisotopic (exact) mass is 266 g/mol. The van der Waals surface area contributed by atoms with Crippen LogP contribution in [0.25, 0.3) is 0 Å². The third-order valence-electron chi connectivity index (χ3n) is 5.24. The highest BCUT2D eigenvalue weighted by Gasteiger charge is 2.29. The molecule has 0 spiro atoms. The summed E-state index contributed by atoms with van der Waals surface area (Å²) >= 11 is 0. The Kier molecular flexibility index (Phi) is 6.15. The molecule has 0 bridgehead atoms. The molecule has 2 aliphatic rings. The molecule has 2 nitrogen and oxygen atoms in total. The quantitative estimate of drug-likeness (QED) is 0.758. The fourth-order valence-corrected chi connectivity index (χ4v) is 3.89. The number of hydrogen-bond donors (Lipinski definition) is 1. The zero-order valence-corrected chi connectivity index (χ0v) is 13.3. The summed E-state index contributed by atoms with van der Waals surface area (Å²) < 4.78 is 0. The standard InChI is InChI=1S/C17H34N2/c1-4-10-18-17-9-8-14(2)11-16(17)13-19(3)12-15-6-5-7-15/h14-18H,4-13H2,1-3H3. The highest BCUT2D eigenvalue weighted by atomic mass is 15.1. The summed E-state index contributed by atoms with van der Waals surface area (Å²) in [4.78, 5) is 2.62. The van der Waals surface area contributed by atoms with Gasteiger partial charge in [0.15, 0.2) is 0 Å². The van der Waals surface area contributed by atoms with Crippen LogP contribution in [0.1, 0.15) is 58.8 Å². The van der Waals surface area contributed by atoms with Crippen molar-refractivity contribution < 1.29 is 0 Å². The first-order chi connectivity index (χ1) is 9.19. The number of nitrogens with zero attached hydrogens (tertiary/aromatic N) is 1. The zero-order valence-electron chi connectivity index (χ0n) is 13.3. The second-order valence-electron chi connectivity index (χ2n) is 7.26. The van der Waals surface area contributed by atoms with E-state index >= 15 is 0 Å². The average molecular weight is 266 g/mol. The molecule has 0 aliphatic heterocycles. The summed E-state index contributed by atoms with van der Waals surface area (Å²) in [5.41, 5.74) is 0. The Morgan fingerprint density at radius 3 is 2.53 bits per heavy atom. The van der Waals surface area contributed by atoms with Crippen LogP contribution >= 0.6 is 0 Å². The molecule has 0 aromatic rings. The summed E-state index contributed by atoms with van der Waals surface area (Å²) in [7, 11) is 2.34. The molecule has 19 heavy (non-hydrogen) atoms. The highest BCUT2D eigenvalue weighted by molar-refractivity contribution is 4.85. The molecular weight excluding hydrogens is 232 g/mol. The largest absolute Gasteiger partial charge is 0.314 e. The fraction of sp³-hybridized carbons (Fsp3) is 1.00. The normalized spacial score (nSPS) is 32.5. The molecule has 0 saturated heterocycles. The van der Waals surface area contributed by atoms with Gasteiger partial charge >= 0.3 is 0 Å². The predicted octanol–water partition coefficient (Wildman–Crippen LogP) is 3.52. The first-order valence-electron chi connectivity index (χ1n) is 8.61. The minimum atomic E-state index is 0.778. The second-order valence-corrected chi connectivity index (χ2v) is 7.26. The van der Waals surface area contributed by atoms with Crippen molar-refractivity contribution in [2.75, 3.05) is 26.7 Å². The summed E-state index contributed by atoms with van der Waals surface area (Å²) in [5, 5.41) is 3.80. The molecule has 2 fully saturated rings. The van der Waals surface area contributed by atoms with Crippen molar-refractivity contribution in [2.24, 2.45) is 17.8 Å². The Morgan fingerprint density at radius 1 is 1.11 bits per heavy atom. The lowest BCUT2D eigenvalue weighted by Gasteiger charge is -2.39. The summed E-state index contributed by atoms with van der Waals surface area (Å²) in [6, 6.07) is 0.778. The molecule has 0 aromatic carbocycles. The van der Waals surface area contributed by atoms with Crippen LogP contribution in [0, 0.1) is 17.8 Å². The molecule has 112 valence electrons. The molecule has 0 radical (unpaired) electrons. The first kappa shape index (κ1) is 15.3. The van der Waals surface area contributed by atoms with Gasteiger partial charge in [-0.25, -0.2) is 0 Å². The third-order valence-corrected chi connectivity index (χ3v) is 5.24. The molecular formula is C17H34N2. The van der Waals surface area contributed by atoms with Gasteiger partial charge in [0.05, 0.1) is 0 Å². The predicted molar refractivity (Wildman–Crippen MR) is 83.4 cm³/mol. The minimum absolute atomic E-state index is 0.778. The van der Waals surface area contributed by atoms with Crippen LogP contribution in [0.3, 0.4) is 0 Å². The zero-order chi connectivity index (χ0) is 13.7. The van der Waals surface area contributed by atoms with Gasteiger partial charge in [-0.3, -0.25) is 0 Å². The third kappa shape index (κ3) is 4.75. The minimum Gasteiger partial charge on any atom is -0.314 e. The topological polar surface area (TPSA) is 15.3 Å². The van der Waals surface area contributed by atoms with Crippen LogP contribution in [-0.2, 0) is 0 Å². The van der Waals surface area contributed by atoms with E-state index in [1.165, 1.54) is 64.6 Å². The SMILES string of the molecule is CCCNC1CCC(C)CC1CN(C)CC1CCC1. The Labute approximate surface area is 120 Å². The van der Waals surface area contributed by atoms with Gasteiger partial charge in [0.1, 0.15) is 0 Å². The molecule has 2 aliphatic carbocycles. The van der Waals surface area contributed by atoms with Gasteiger partial charge in [0.25, 0.3) is 0 Å². The van der Waals surface area contributed by atoms with E-state index in [-0.39, 0.29) is 0 Å². The van der Waals surface area contributed by atoms with Gasteiger partial charge in [0, 0.05) is 19.1 Å². The lowest BCUT2D eigenvalue weighted by molar-refractivity contribution is 0.133. The fourth-order valence-electron chi connectivity index (χ4n) is 3.89. The van der Waals surface area contributed by atoms with Crippen molar-refractivity contribution in [3.63, 3.8) is 0 Å². The molecule has 2 saturated carbocycles. The molecule has 3 unspecified atom stereocenters. The van der Waals surface area contributed by atoms with Gasteiger partial charge in [-0.05, 0) is 69.9 Å². The lowest BCUT2D eigenvalue weighted by atomic mass is 9.78. The summed E-state index contributed by atoms with van der Waals surface area (Å²) in [6.45, 7) is 8.56. The smallest absolute Gasteiger partial charge is 0.0108 e. The van der Waals surface area contributed by atoms with E-state index in [1.54, 1.807) is 0 Å². The van der Waals surface area contributed by atoms with Gasteiger partial charge in [0.2, 0.25) is 0 Å². The van der Waals surface area contributed by atoms with Crippen molar-refractivity contribution in [3.8, 4) is 0 Å². The Morgan fingerprint density at radius 2 is 1.89 bits per heavy atom. The van der Waals surface area contributed by atoms with Crippen LogP contribution < -0.4 is 5.32 Å². The van der Waals surface area contributed by atoms with Gasteiger partial charge < -0.3 is 10.2 Å². The Hall–Kier alpha value is -0.0800. The molecule has 2 heteroatoms. The Balaban J connectivity index is 1.78. The average Bonchev–Trinajstić information content (AvgIpc) is 2.33. The van der Waals surface area contributed by atoms with E-state index in [2.05, 4.69) is 31.1 Å². The van der Waals surface area contributed by atoms with Crippen LogP contribution in [-0.4, -0.2) is 37.6 Å². The first-order valence-corrected chi connectivity index (χ1v) is 8.61. The summed E-state index contributed by atoms with van der Waals surface area (Å²) in [5.74, 6) is 2.82. The van der Waals surface area contributed by atoms with Crippen LogP contribution in [0.5, 0.6) is 0 Å². The lowest BCUT2D eigenvalue weighted by Crippen LogP contribution is -2.46. The van der Waals surface area contributed by atoms with Crippen LogP contribution in [0.4, 0.5) is 0 Å². The Bertz CT molecular complexity index is 248. The van der Waals surface area contributed by atoms with Gasteiger partial charge in [-0.2, -0.15) is 0 Å². The van der Waals surface area contributed by atoms with Crippen molar-refractivity contribution in [1.29, 1.82) is 0 Å². The van der Waals surface area contributed by atoms with Crippen LogP contribution in [0.2, 0.25) is 0 Å². The van der Waals surface area contributed by atoms with Gasteiger partial charge in [-0.1, -0.05) is 20.3 Å². The maximum absolute atomic E-state index is 3.80. The highest BCUT2D eigenvalue weighted by Crippen LogP contribution is 2.31. The molecule has 0 amide bonds. The van der Waals surface area contributed by atoms with E-state index in [0.717, 1.165) is 23.8 Å². The summed E-state index contributed by atoms with van der Waals surface area (Å²) in [6.07, 6.45) is 9.92. The van der Waals surface area contributed by atoms with Crippen molar-refractivity contribution >= 4 is 0 Å². The van der Waals surface area contributed by atoms with E-state index in [9.17, 15) is 0 Å². The maximum atomic E-state index is 3.80. The molecule has 1 N–H and O–H groups in total. The van der Waals surface area contributed by atoms with Gasteiger partial charge in [-0.15, -0.1) is 0 Å². The number of rotatable bonds is 7. The number of nitrogens with one attached hydrogen (secondary N) is 1. The van der Waals surface area contributed by atoms with Crippen molar-refractivity contribution in [2.45, 2.75) is 64.8 Å². The second kappa shape index (κ2) is 7.64. The van der Waals surface area contributed by atoms with E-state index < -0.39 is 0 Å². The molecule has 0 heterocycles. The molecule has 3 atom stereocenters. The van der Waals surface area contributed by atoms with E-state index in [4.69, 9.17) is 0 Å². The molecule has 0 aromatic heterocycles. The van der Waals surface area contributed by atoms with Crippen LogP contribution in [0.15, 0.2) is 0 Å². The number of hydrogen-bond acceptors (Lipinski definition) is 2. The maximum Gasteiger partial charge on any atom is 0.0108 e. The van der Waals surface area contributed by atoms with E-state index in [0.29, 0.717) is 0 Å². The van der Waals surface area contributed by atoms with Crippen molar-refractivity contribution in [1.82, 2.24) is 10.2 Å².